The summed E-state index contributed by atoms with van der Waals surface area (Å²) in [6.45, 7) is 2.07. The minimum Gasteiger partial charge on any atom is -0.507 e. The van der Waals surface area contributed by atoms with Crippen LogP contribution in [0.3, 0.4) is 0 Å². The molecular weight excluding hydrogens is 214 g/mol. The van der Waals surface area contributed by atoms with Crippen LogP contribution in [0.25, 0.3) is 0 Å². The second kappa shape index (κ2) is 6.53. The third-order valence-electron chi connectivity index (χ3n) is 2.24. The van der Waals surface area contributed by atoms with Crippen LogP contribution in [0, 0.1) is 0 Å². The Bertz CT molecular complexity index is 305. The van der Waals surface area contributed by atoms with Crippen LogP contribution in [-0.2, 0) is 0 Å². The zero-order valence-corrected chi connectivity index (χ0v) is 9.88. The zero-order chi connectivity index (χ0) is 10.6. The number of ether oxygens (including phenoxy) is 1. The topological polar surface area (TPSA) is 55.5 Å². The Balaban J connectivity index is 0.00000196. The summed E-state index contributed by atoms with van der Waals surface area (Å²) in [5, 5.41) is 9.66. The molecule has 1 aromatic rings. The van der Waals surface area contributed by atoms with E-state index in [1.807, 2.05) is 12.1 Å². The van der Waals surface area contributed by atoms with Crippen molar-refractivity contribution < 1.29 is 9.84 Å². The summed E-state index contributed by atoms with van der Waals surface area (Å²) in [5.41, 5.74) is 6.68. The van der Waals surface area contributed by atoms with E-state index in [0.717, 1.165) is 18.4 Å². The average Bonchev–Trinajstić information content (AvgIpc) is 2.17. The van der Waals surface area contributed by atoms with E-state index in [-0.39, 0.29) is 24.2 Å². The Labute approximate surface area is 96.7 Å². The smallest absolute Gasteiger partial charge is 0.124 e. The number of hydrogen-bond donors (Lipinski definition) is 2. The van der Waals surface area contributed by atoms with Crippen molar-refractivity contribution in [1.29, 1.82) is 0 Å². The van der Waals surface area contributed by atoms with Crippen LogP contribution >= 0.6 is 12.4 Å². The normalized spacial score (nSPS) is 11.7. The number of phenolic OH excluding ortho intramolecular Hbond substituents is 1. The molecule has 1 atom stereocenters. The monoisotopic (exact) mass is 231 g/mol. The van der Waals surface area contributed by atoms with Gasteiger partial charge in [0.25, 0.3) is 0 Å². The van der Waals surface area contributed by atoms with Crippen LogP contribution < -0.4 is 10.5 Å². The Hall–Kier alpha value is -0.930. The lowest BCUT2D eigenvalue weighted by atomic mass is 10.0. The summed E-state index contributed by atoms with van der Waals surface area (Å²) in [7, 11) is 1.57. The van der Waals surface area contributed by atoms with Gasteiger partial charge in [0, 0.05) is 17.7 Å². The number of rotatable bonds is 4. The van der Waals surface area contributed by atoms with E-state index in [4.69, 9.17) is 10.5 Å². The van der Waals surface area contributed by atoms with E-state index in [0.29, 0.717) is 5.75 Å². The lowest BCUT2D eigenvalue weighted by Crippen LogP contribution is -2.09. The third kappa shape index (κ3) is 3.61. The molecule has 3 N–H and O–H groups in total. The maximum atomic E-state index is 9.66. The minimum absolute atomic E-state index is 0. The second-order valence-electron chi connectivity index (χ2n) is 3.32. The van der Waals surface area contributed by atoms with Crippen LogP contribution in [0.1, 0.15) is 31.4 Å². The van der Waals surface area contributed by atoms with Gasteiger partial charge in [-0.15, -0.1) is 12.4 Å². The largest absolute Gasteiger partial charge is 0.507 e. The van der Waals surface area contributed by atoms with Gasteiger partial charge >= 0.3 is 0 Å². The highest BCUT2D eigenvalue weighted by molar-refractivity contribution is 5.85. The van der Waals surface area contributed by atoms with Crippen molar-refractivity contribution in [1.82, 2.24) is 0 Å². The van der Waals surface area contributed by atoms with Gasteiger partial charge in [0.15, 0.2) is 0 Å². The molecule has 0 aliphatic heterocycles. The van der Waals surface area contributed by atoms with Gasteiger partial charge < -0.3 is 15.6 Å². The van der Waals surface area contributed by atoms with Crippen molar-refractivity contribution in [3.8, 4) is 11.5 Å². The number of phenols is 1. The summed E-state index contributed by atoms with van der Waals surface area (Å²) in [6.07, 6.45) is 1.88. The van der Waals surface area contributed by atoms with E-state index < -0.39 is 0 Å². The molecule has 0 saturated heterocycles. The first-order valence-electron chi connectivity index (χ1n) is 4.81. The van der Waals surface area contributed by atoms with Crippen LogP contribution in [0.4, 0.5) is 0 Å². The molecule has 0 amide bonds. The predicted molar refractivity (Wildman–Crippen MR) is 63.7 cm³/mol. The Morgan fingerprint density at radius 1 is 1.47 bits per heavy atom. The summed E-state index contributed by atoms with van der Waals surface area (Å²) >= 11 is 0. The van der Waals surface area contributed by atoms with Crippen LogP contribution in [0.2, 0.25) is 0 Å². The number of aromatic hydroxyl groups is 1. The molecule has 4 heteroatoms. The minimum atomic E-state index is -0.0918. The zero-order valence-electron chi connectivity index (χ0n) is 9.06. The molecule has 1 rings (SSSR count). The highest BCUT2D eigenvalue weighted by atomic mass is 35.5. The molecule has 1 aromatic carbocycles. The van der Waals surface area contributed by atoms with Gasteiger partial charge in [0.2, 0.25) is 0 Å². The molecule has 15 heavy (non-hydrogen) atoms. The molecule has 0 heterocycles. The first-order valence-corrected chi connectivity index (χ1v) is 4.81. The first-order chi connectivity index (χ1) is 6.69. The van der Waals surface area contributed by atoms with Crippen molar-refractivity contribution >= 4 is 12.4 Å². The standard InChI is InChI=1S/C11H17NO2.ClH/c1-3-4-10(12)9-6-5-8(14-2)7-11(9)13;/h5-7,10,13H,3-4,12H2,1-2H3;1H/t10-;/m1./s1. The molecule has 0 fully saturated rings. The van der Waals surface area contributed by atoms with E-state index in [9.17, 15) is 5.11 Å². The van der Waals surface area contributed by atoms with Gasteiger partial charge in [-0.3, -0.25) is 0 Å². The number of hydrogen-bond acceptors (Lipinski definition) is 3. The maximum Gasteiger partial charge on any atom is 0.124 e. The molecule has 0 unspecified atom stereocenters. The predicted octanol–water partition coefficient (Wildman–Crippen LogP) is 2.62. The molecule has 0 saturated carbocycles. The fourth-order valence-electron chi connectivity index (χ4n) is 1.43. The number of nitrogens with two attached hydrogens (primary N) is 1. The van der Waals surface area contributed by atoms with E-state index in [2.05, 4.69) is 6.92 Å². The fraction of sp³-hybridized carbons (Fsp3) is 0.455. The highest BCUT2D eigenvalue weighted by Gasteiger charge is 2.10. The highest BCUT2D eigenvalue weighted by Crippen LogP contribution is 2.29. The van der Waals surface area contributed by atoms with Crippen LogP contribution in [-0.4, -0.2) is 12.2 Å². The van der Waals surface area contributed by atoms with Crippen molar-refractivity contribution in [2.75, 3.05) is 7.11 Å². The van der Waals surface area contributed by atoms with Gasteiger partial charge in [-0.2, -0.15) is 0 Å². The van der Waals surface area contributed by atoms with Crippen molar-refractivity contribution in [2.45, 2.75) is 25.8 Å². The molecule has 0 aromatic heterocycles. The molecule has 0 aliphatic carbocycles. The van der Waals surface area contributed by atoms with Crippen LogP contribution in [0.5, 0.6) is 11.5 Å². The van der Waals surface area contributed by atoms with Gasteiger partial charge in [-0.05, 0) is 12.5 Å². The van der Waals surface area contributed by atoms with E-state index in [1.54, 1.807) is 13.2 Å². The van der Waals surface area contributed by atoms with Gasteiger partial charge in [-0.25, -0.2) is 0 Å². The molecular formula is C11H18ClNO2. The molecule has 0 spiro atoms. The average molecular weight is 232 g/mol. The van der Waals surface area contributed by atoms with Crippen molar-refractivity contribution in [3.05, 3.63) is 23.8 Å². The van der Waals surface area contributed by atoms with E-state index >= 15 is 0 Å². The Morgan fingerprint density at radius 3 is 2.60 bits per heavy atom. The summed E-state index contributed by atoms with van der Waals surface area (Å²) in [5.74, 6) is 0.861. The summed E-state index contributed by atoms with van der Waals surface area (Å²) < 4.78 is 4.99. The molecule has 0 bridgehead atoms. The fourth-order valence-corrected chi connectivity index (χ4v) is 1.43. The number of halogens is 1. The van der Waals surface area contributed by atoms with Gasteiger partial charge in [0.1, 0.15) is 11.5 Å². The number of methoxy groups -OCH3 is 1. The van der Waals surface area contributed by atoms with E-state index in [1.165, 1.54) is 0 Å². The van der Waals surface area contributed by atoms with Crippen molar-refractivity contribution in [2.24, 2.45) is 5.73 Å². The number of benzene rings is 1. The van der Waals surface area contributed by atoms with Crippen LogP contribution in [0.15, 0.2) is 18.2 Å². The second-order valence-corrected chi connectivity index (χ2v) is 3.32. The van der Waals surface area contributed by atoms with Gasteiger partial charge in [0.05, 0.1) is 7.11 Å². The Kier molecular flexibility index (Phi) is 6.13. The SMILES string of the molecule is CCC[C@@H](N)c1ccc(OC)cc1O.Cl. The lowest BCUT2D eigenvalue weighted by Gasteiger charge is -2.13. The van der Waals surface area contributed by atoms with Crippen molar-refractivity contribution in [3.63, 3.8) is 0 Å². The van der Waals surface area contributed by atoms with Gasteiger partial charge in [-0.1, -0.05) is 19.4 Å². The Morgan fingerprint density at radius 2 is 2.13 bits per heavy atom. The quantitative estimate of drug-likeness (QED) is 0.838. The maximum absolute atomic E-state index is 9.66. The molecule has 0 radical (unpaired) electrons. The molecule has 3 nitrogen and oxygen atoms in total. The lowest BCUT2D eigenvalue weighted by molar-refractivity contribution is 0.405. The summed E-state index contributed by atoms with van der Waals surface area (Å²) in [4.78, 5) is 0. The summed E-state index contributed by atoms with van der Waals surface area (Å²) in [6, 6.07) is 5.12. The molecule has 86 valence electrons. The molecule has 0 aliphatic rings. The third-order valence-corrected chi connectivity index (χ3v) is 2.24. The first kappa shape index (κ1) is 14.1.